The summed E-state index contributed by atoms with van der Waals surface area (Å²) in [4.78, 5) is 22.9. The molecule has 9 heteroatoms. The summed E-state index contributed by atoms with van der Waals surface area (Å²) in [7, 11) is 0. The van der Waals surface area contributed by atoms with Gasteiger partial charge in [0.15, 0.2) is 0 Å². The molecule has 0 radical (unpaired) electrons. The summed E-state index contributed by atoms with van der Waals surface area (Å²) in [5.74, 6) is -0.535. The molecule has 2 N–H and O–H groups in total. The van der Waals surface area contributed by atoms with Crippen molar-refractivity contribution in [3.63, 3.8) is 0 Å². The molecule has 0 aliphatic carbocycles. The monoisotopic (exact) mass is 469 g/mol. The van der Waals surface area contributed by atoms with Crippen molar-refractivity contribution in [1.29, 1.82) is 0 Å². The van der Waals surface area contributed by atoms with Crippen molar-refractivity contribution in [2.24, 2.45) is 0 Å². The van der Waals surface area contributed by atoms with Gasteiger partial charge in [0.1, 0.15) is 10.8 Å². The molecule has 0 spiro atoms. The van der Waals surface area contributed by atoms with Gasteiger partial charge in [-0.3, -0.25) is 9.69 Å². The van der Waals surface area contributed by atoms with E-state index in [0.717, 1.165) is 25.2 Å². The van der Waals surface area contributed by atoms with Gasteiger partial charge in [0.05, 0.1) is 21.1 Å². The summed E-state index contributed by atoms with van der Waals surface area (Å²) >= 11 is 7.62. The Morgan fingerprint density at radius 1 is 1.25 bits per heavy atom. The number of benzene rings is 2. The zero-order valence-electron chi connectivity index (χ0n) is 17.6. The lowest BCUT2D eigenvalue weighted by molar-refractivity contribution is 0.0968. The lowest BCUT2D eigenvalue weighted by atomic mass is 10.0. The number of amides is 1. The molecule has 0 saturated carbocycles. The number of anilines is 3. The molecule has 0 atom stereocenters. The van der Waals surface area contributed by atoms with E-state index >= 15 is 0 Å². The van der Waals surface area contributed by atoms with Crippen LogP contribution in [0.5, 0.6) is 0 Å². The van der Waals surface area contributed by atoms with Crippen molar-refractivity contribution < 1.29 is 9.18 Å². The molecule has 0 unspecified atom stereocenters. The lowest BCUT2D eigenvalue weighted by Gasteiger charge is -2.41. The van der Waals surface area contributed by atoms with E-state index in [1.54, 1.807) is 6.07 Å². The minimum absolute atomic E-state index is 0.0622. The van der Waals surface area contributed by atoms with Gasteiger partial charge in [-0.2, -0.15) is 0 Å². The van der Waals surface area contributed by atoms with Gasteiger partial charge in [-0.25, -0.2) is 14.4 Å². The summed E-state index contributed by atoms with van der Waals surface area (Å²) in [5, 5.41) is 7.33. The molecule has 3 aromatic rings. The van der Waals surface area contributed by atoms with E-state index in [-0.39, 0.29) is 16.6 Å². The zero-order valence-corrected chi connectivity index (χ0v) is 19.1. The third kappa shape index (κ3) is 3.72. The highest BCUT2D eigenvalue weighted by molar-refractivity contribution is 8.00. The van der Waals surface area contributed by atoms with Crippen LogP contribution in [0.25, 0.3) is 0 Å². The highest BCUT2D eigenvalue weighted by atomic mass is 35.5. The van der Waals surface area contributed by atoms with Crippen molar-refractivity contribution in [3.05, 3.63) is 70.1 Å². The molecule has 1 amide bonds. The van der Waals surface area contributed by atoms with Crippen LogP contribution in [0.15, 0.2) is 47.6 Å². The fourth-order valence-electron chi connectivity index (χ4n) is 4.06. The Morgan fingerprint density at radius 3 is 2.91 bits per heavy atom. The molecule has 2 aliphatic rings. The number of rotatable bonds is 3. The standard InChI is InChI=1S/C23H21ClFN5OS/c1-23(2)30(19-17(24)4-3-5-18(19)25)21(31)16-12-27-22(29-20(16)32-23)28-15-7-6-13-8-9-26-11-14(13)10-15/h3-7,10,12,26H,8-9,11H2,1-2H3,(H,27,28,29). The van der Waals surface area contributed by atoms with Crippen LogP contribution in [0.2, 0.25) is 5.02 Å². The molecule has 32 heavy (non-hydrogen) atoms. The molecule has 0 fully saturated rings. The molecule has 2 aromatic carbocycles. The van der Waals surface area contributed by atoms with Crippen LogP contribution >= 0.6 is 23.4 Å². The maximum absolute atomic E-state index is 14.6. The van der Waals surface area contributed by atoms with E-state index in [2.05, 4.69) is 32.7 Å². The van der Waals surface area contributed by atoms with Gasteiger partial charge in [-0.05, 0) is 62.2 Å². The van der Waals surface area contributed by atoms with Gasteiger partial charge in [0, 0.05) is 18.4 Å². The topological polar surface area (TPSA) is 70.1 Å². The van der Waals surface area contributed by atoms with E-state index in [1.807, 2.05) is 19.9 Å². The Labute approximate surface area is 194 Å². The molecule has 6 nitrogen and oxygen atoms in total. The van der Waals surface area contributed by atoms with Gasteiger partial charge in [0.25, 0.3) is 5.91 Å². The number of fused-ring (bicyclic) bond motifs is 2. The number of hydrogen-bond donors (Lipinski definition) is 2. The number of carbonyl (C=O) groups is 1. The van der Waals surface area contributed by atoms with Crippen molar-refractivity contribution in [1.82, 2.24) is 15.3 Å². The second-order valence-electron chi connectivity index (χ2n) is 8.21. The first-order valence-corrected chi connectivity index (χ1v) is 11.5. The van der Waals surface area contributed by atoms with Crippen molar-refractivity contribution in [3.8, 4) is 0 Å². The van der Waals surface area contributed by atoms with E-state index in [9.17, 15) is 9.18 Å². The van der Waals surface area contributed by atoms with E-state index in [0.29, 0.717) is 16.5 Å². The van der Waals surface area contributed by atoms with Gasteiger partial charge in [-0.15, -0.1) is 0 Å². The maximum atomic E-state index is 14.6. The molecule has 1 aromatic heterocycles. The molecule has 3 heterocycles. The van der Waals surface area contributed by atoms with Gasteiger partial charge >= 0.3 is 0 Å². The van der Waals surface area contributed by atoms with Gasteiger partial charge < -0.3 is 10.6 Å². The van der Waals surface area contributed by atoms with Crippen LogP contribution in [0.3, 0.4) is 0 Å². The molecular weight excluding hydrogens is 449 g/mol. The molecule has 2 aliphatic heterocycles. The van der Waals surface area contributed by atoms with E-state index in [4.69, 9.17) is 11.6 Å². The summed E-state index contributed by atoms with van der Waals surface area (Å²) in [5.41, 5.74) is 3.86. The van der Waals surface area contributed by atoms with E-state index in [1.165, 1.54) is 46.1 Å². The number of para-hydroxylation sites is 1. The quantitative estimate of drug-likeness (QED) is 0.517. The van der Waals surface area contributed by atoms with Crippen molar-refractivity contribution in [2.45, 2.75) is 36.7 Å². The van der Waals surface area contributed by atoms with Crippen molar-refractivity contribution in [2.75, 3.05) is 16.8 Å². The van der Waals surface area contributed by atoms with Crippen LogP contribution in [-0.4, -0.2) is 27.3 Å². The van der Waals surface area contributed by atoms with Crippen molar-refractivity contribution >= 4 is 46.6 Å². The summed E-state index contributed by atoms with van der Waals surface area (Å²) in [6, 6.07) is 10.6. The van der Waals surface area contributed by atoms with E-state index < -0.39 is 10.7 Å². The van der Waals surface area contributed by atoms with Gasteiger partial charge in [0.2, 0.25) is 5.95 Å². The normalized spacial score (nSPS) is 17.0. The van der Waals surface area contributed by atoms with Gasteiger partial charge in [-0.1, -0.05) is 35.5 Å². The molecule has 0 bridgehead atoms. The first kappa shape index (κ1) is 21.2. The second-order valence-corrected chi connectivity index (χ2v) is 10.2. The van der Waals surface area contributed by atoms with Crippen LogP contribution < -0.4 is 15.5 Å². The Hall–Kier alpha value is -2.68. The molecule has 5 rings (SSSR count). The zero-order chi connectivity index (χ0) is 22.5. The maximum Gasteiger partial charge on any atom is 0.263 e. The number of nitrogens with zero attached hydrogens (tertiary/aromatic N) is 3. The number of aromatic nitrogens is 2. The second kappa shape index (κ2) is 8.03. The largest absolute Gasteiger partial charge is 0.324 e. The average Bonchev–Trinajstić information content (AvgIpc) is 2.75. The lowest BCUT2D eigenvalue weighted by Crippen LogP contribution is -2.49. The SMILES string of the molecule is CC1(C)Sc2nc(Nc3ccc4c(c3)CNCC4)ncc2C(=O)N1c1c(F)cccc1Cl. The number of carbonyl (C=O) groups excluding carboxylic acids is 1. The number of hydrogen-bond acceptors (Lipinski definition) is 6. The Morgan fingerprint density at radius 2 is 2.09 bits per heavy atom. The fraction of sp³-hybridized carbons (Fsp3) is 0.261. The number of halogens is 2. The molecule has 164 valence electrons. The third-order valence-electron chi connectivity index (χ3n) is 5.58. The number of thioether (sulfide) groups is 1. The van der Waals surface area contributed by atoms with Crippen LogP contribution in [0.1, 0.15) is 35.3 Å². The third-order valence-corrected chi connectivity index (χ3v) is 7.07. The Kier molecular flexibility index (Phi) is 5.31. The summed E-state index contributed by atoms with van der Waals surface area (Å²) < 4.78 is 14.6. The minimum Gasteiger partial charge on any atom is -0.324 e. The van der Waals surface area contributed by atoms with Crippen LogP contribution in [-0.2, 0) is 13.0 Å². The molecular formula is C23H21ClFN5OS. The first-order valence-electron chi connectivity index (χ1n) is 10.3. The highest BCUT2D eigenvalue weighted by Crippen LogP contribution is 2.46. The average molecular weight is 470 g/mol. The Balaban J connectivity index is 1.47. The number of nitrogens with one attached hydrogen (secondary N) is 2. The summed E-state index contributed by atoms with van der Waals surface area (Å²) in [6.07, 6.45) is 2.50. The first-order chi connectivity index (χ1) is 15.3. The summed E-state index contributed by atoms with van der Waals surface area (Å²) in [6.45, 7) is 5.51. The minimum atomic E-state index is -0.807. The molecule has 0 saturated heterocycles. The smallest absolute Gasteiger partial charge is 0.263 e. The van der Waals surface area contributed by atoms with Crippen LogP contribution in [0.4, 0.5) is 21.7 Å². The highest BCUT2D eigenvalue weighted by Gasteiger charge is 2.43. The predicted molar refractivity (Wildman–Crippen MR) is 125 cm³/mol. The van der Waals surface area contributed by atoms with Crippen LogP contribution in [0, 0.1) is 5.82 Å². The Bertz CT molecular complexity index is 1210. The predicted octanol–water partition coefficient (Wildman–Crippen LogP) is 5.15. The fourth-order valence-corrected chi connectivity index (χ4v) is 5.43.